The maximum absolute atomic E-state index is 13.4. The van der Waals surface area contributed by atoms with E-state index in [2.05, 4.69) is 5.32 Å². The molecule has 3 amide bonds. The van der Waals surface area contributed by atoms with Crippen molar-refractivity contribution in [3.8, 4) is 0 Å². The molecule has 0 radical (unpaired) electrons. The van der Waals surface area contributed by atoms with Crippen LogP contribution in [0.4, 0.5) is 19.3 Å². The van der Waals surface area contributed by atoms with Crippen LogP contribution in [0.5, 0.6) is 0 Å². The van der Waals surface area contributed by atoms with Crippen LogP contribution in [0.3, 0.4) is 0 Å². The van der Waals surface area contributed by atoms with Crippen molar-refractivity contribution in [1.29, 1.82) is 0 Å². The molecule has 1 rings (SSSR count). The summed E-state index contributed by atoms with van der Waals surface area (Å²) in [5, 5.41) is 4.17. The van der Waals surface area contributed by atoms with E-state index in [0.717, 1.165) is 18.2 Å². The zero-order valence-electron chi connectivity index (χ0n) is 11.7. The fourth-order valence-corrected chi connectivity index (χ4v) is 1.44. The maximum atomic E-state index is 13.4. The molecule has 0 spiro atoms. The fourth-order valence-electron chi connectivity index (χ4n) is 1.44. The number of benzene rings is 1. The standard InChI is InChI=1S/C13H15F2N3O4/c1-7(22-10(19)5-6-17-13(16)21)12(20)18-11-8(14)3-2-4-9(11)15/h2-4,7H,5-6H2,1H3,(H,18,20)(H3,16,17,21)/t7-/m1/s1. The number of carbonyl (C=O) groups is 3. The largest absolute Gasteiger partial charge is 0.452 e. The minimum absolute atomic E-state index is 0.0511. The van der Waals surface area contributed by atoms with Crippen molar-refractivity contribution in [2.75, 3.05) is 11.9 Å². The first-order valence-corrected chi connectivity index (χ1v) is 6.29. The van der Waals surface area contributed by atoms with Crippen LogP contribution in [0.1, 0.15) is 13.3 Å². The first kappa shape index (κ1) is 17.3. The Bertz CT molecular complexity index is 560. The highest BCUT2D eigenvalue weighted by molar-refractivity contribution is 5.95. The summed E-state index contributed by atoms with van der Waals surface area (Å²) in [4.78, 5) is 33.5. The molecule has 0 aliphatic carbocycles. The third kappa shape index (κ3) is 5.35. The minimum atomic E-state index is -1.26. The van der Waals surface area contributed by atoms with Gasteiger partial charge in [-0.3, -0.25) is 9.59 Å². The Balaban J connectivity index is 2.51. The van der Waals surface area contributed by atoms with Gasteiger partial charge in [-0.1, -0.05) is 6.07 Å². The van der Waals surface area contributed by atoms with Crippen molar-refractivity contribution in [1.82, 2.24) is 5.32 Å². The van der Waals surface area contributed by atoms with E-state index in [1.807, 2.05) is 5.32 Å². The van der Waals surface area contributed by atoms with Gasteiger partial charge in [0, 0.05) is 6.54 Å². The number of amides is 3. The van der Waals surface area contributed by atoms with Crippen LogP contribution >= 0.6 is 0 Å². The van der Waals surface area contributed by atoms with Gasteiger partial charge < -0.3 is 21.1 Å². The van der Waals surface area contributed by atoms with Crippen LogP contribution in [0, 0.1) is 11.6 Å². The van der Waals surface area contributed by atoms with Gasteiger partial charge in [-0.05, 0) is 19.1 Å². The number of halogens is 2. The summed E-state index contributed by atoms with van der Waals surface area (Å²) in [5.74, 6) is -3.55. The number of esters is 1. The summed E-state index contributed by atoms with van der Waals surface area (Å²) in [6, 6.07) is 2.30. The van der Waals surface area contributed by atoms with Crippen LogP contribution in [0.2, 0.25) is 0 Å². The topological polar surface area (TPSA) is 111 Å². The predicted molar refractivity (Wildman–Crippen MR) is 72.7 cm³/mol. The second kappa shape index (κ2) is 7.91. The molecule has 1 aromatic rings. The van der Waals surface area contributed by atoms with Crippen LogP contribution in [0.25, 0.3) is 0 Å². The SMILES string of the molecule is C[C@@H](OC(=O)CCNC(N)=O)C(=O)Nc1c(F)cccc1F. The van der Waals surface area contributed by atoms with Crippen molar-refractivity contribution in [3.63, 3.8) is 0 Å². The lowest BCUT2D eigenvalue weighted by atomic mass is 10.2. The van der Waals surface area contributed by atoms with E-state index in [1.165, 1.54) is 6.92 Å². The highest BCUT2D eigenvalue weighted by Gasteiger charge is 2.20. The molecular formula is C13H15F2N3O4. The summed E-state index contributed by atoms with van der Waals surface area (Å²) in [7, 11) is 0. The number of hydrogen-bond donors (Lipinski definition) is 3. The van der Waals surface area contributed by atoms with Gasteiger partial charge in [0.2, 0.25) is 0 Å². The number of ether oxygens (including phenoxy) is 1. The Morgan fingerprint density at radius 1 is 1.27 bits per heavy atom. The molecule has 0 heterocycles. The Morgan fingerprint density at radius 2 is 1.86 bits per heavy atom. The summed E-state index contributed by atoms with van der Waals surface area (Å²) < 4.78 is 31.5. The summed E-state index contributed by atoms with van der Waals surface area (Å²) in [6.07, 6.45) is -1.46. The highest BCUT2D eigenvalue weighted by Crippen LogP contribution is 2.18. The van der Waals surface area contributed by atoms with Gasteiger partial charge >= 0.3 is 12.0 Å². The molecule has 22 heavy (non-hydrogen) atoms. The first-order valence-electron chi connectivity index (χ1n) is 6.29. The molecule has 0 aromatic heterocycles. The number of anilines is 1. The van der Waals surface area contributed by atoms with Crippen molar-refractivity contribution >= 4 is 23.6 Å². The molecule has 0 bridgehead atoms. The van der Waals surface area contributed by atoms with Crippen LogP contribution in [-0.4, -0.2) is 30.6 Å². The molecule has 0 fully saturated rings. The van der Waals surface area contributed by atoms with Gasteiger partial charge in [-0.15, -0.1) is 0 Å². The number of nitrogens with two attached hydrogens (primary N) is 1. The molecule has 9 heteroatoms. The molecule has 0 aliphatic heterocycles. The van der Waals surface area contributed by atoms with Gasteiger partial charge in [-0.2, -0.15) is 0 Å². The Morgan fingerprint density at radius 3 is 2.41 bits per heavy atom. The average Bonchev–Trinajstić information content (AvgIpc) is 2.42. The number of hydrogen-bond acceptors (Lipinski definition) is 4. The zero-order valence-corrected chi connectivity index (χ0v) is 11.7. The minimum Gasteiger partial charge on any atom is -0.452 e. The normalized spacial score (nSPS) is 11.4. The summed E-state index contributed by atoms with van der Waals surface area (Å²) in [6.45, 7) is 1.19. The number of para-hydroxylation sites is 1. The average molecular weight is 315 g/mol. The van der Waals surface area contributed by atoms with E-state index in [-0.39, 0.29) is 13.0 Å². The second-order valence-electron chi connectivity index (χ2n) is 4.26. The Kier molecular flexibility index (Phi) is 6.24. The van der Waals surface area contributed by atoms with E-state index in [4.69, 9.17) is 10.5 Å². The van der Waals surface area contributed by atoms with Crippen molar-refractivity contribution < 1.29 is 27.9 Å². The van der Waals surface area contributed by atoms with Crippen molar-refractivity contribution in [3.05, 3.63) is 29.8 Å². The van der Waals surface area contributed by atoms with Gasteiger partial charge in [0.05, 0.1) is 6.42 Å². The monoisotopic (exact) mass is 315 g/mol. The summed E-state index contributed by atoms with van der Waals surface area (Å²) in [5.41, 5.74) is 4.19. The van der Waals surface area contributed by atoms with E-state index < -0.39 is 41.3 Å². The Hall–Kier alpha value is -2.71. The summed E-state index contributed by atoms with van der Waals surface area (Å²) >= 11 is 0. The fraction of sp³-hybridized carbons (Fsp3) is 0.308. The lowest BCUT2D eigenvalue weighted by molar-refractivity contribution is -0.153. The number of nitrogens with one attached hydrogen (secondary N) is 2. The van der Waals surface area contributed by atoms with Crippen LogP contribution < -0.4 is 16.4 Å². The highest BCUT2D eigenvalue weighted by atomic mass is 19.1. The first-order chi connectivity index (χ1) is 10.3. The molecule has 7 nitrogen and oxygen atoms in total. The van der Waals surface area contributed by atoms with Crippen molar-refractivity contribution in [2.24, 2.45) is 5.73 Å². The number of primary amides is 1. The number of rotatable bonds is 6. The van der Waals surface area contributed by atoms with Gasteiger partial charge in [0.15, 0.2) is 6.10 Å². The third-order valence-corrected chi connectivity index (χ3v) is 2.52. The lowest BCUT2D eigenvalue weighted by Crippen LogP contribution is -2.34. The molecular weight excluding hydrogens is 300 g/mol. The van der Waals surface area contributed by atoms with Gasteiger partial charge in [0.25, 0.3) is 5.91 Å². The molecule has 0 aliphatic rings. The van der Waals surface area contributed by atoms with Crippen molar-refractivity contribution in [2.45, 2.75) is 19.4 Å². The lowest BCUT2D eigenvalue weighted by Gasteiger charge is -2.14. The quantitative estimate of drug-likeness (QED) is 0.677. The molecule has 0 saturated heterocycles. The van der Waals surface area contributed by atoms with E-state index in [1.54, 1.807) is 0 Å². The molecule has 1 atom stereocenters. The molecule has 1 aromatic carbocycles. The molecule has 0 unspecified atom stereocenters. The number of urea groups is 1. The van der Waals surface area contributed by atoms with E-state index in [9.17, 15) is 23.2 Å². The zero-order chi connectivity index (χ0) is 16.7. The molecule has 120 valence electrons. The van der Waals surface area contributed by atoms with Gasteiger partial charge in [-0.25, -0.2) is 13.6 Å². The van der Waals surface area contributed by atoms with E-state index >= 15 is 0 Å². The molecule has 4 N–H and O–H groups in total. The third-order valence-electron chi connectivity index (χ3n) is 2.52. The maximum Gasteiger partial charge on any atom is 0.312 e. The van der Waals surface area contributed by atoms with Crippen LogP contribution in [0.15, 0.2) is 18.2 Å². The second-order valence-corrected chi connectivity index (χ2v) is 4.26. The van der Waals surface area contributed by atoms with Crippen LogP contribution in [-0.2, 0) is 14.3 Å². The smallest absolute Gasteiger partial charge is 0.312 e. The van der Waals surface area contributed by atoms with E-state index in [0.29, 0.717) is 0 Å². The van der Waals surface area contributed by atoms with Gasteiger partial charge in [0.1, 0.15) is 17.3 Å². The molecule has 0 saturated carbocycles. The predicted octanol–water partition coefficient (Wildman–Crippen LogP) is 0.893. The number of carbonyl (C=O) groups excluding carboxylic acids is 3. The Labute approximate surface area is 124 Å².